The lowest BCUT2D eigenvalue weighted by atomic mass is 10.0. The number of H-pyrrole nitrogens is 1. The molecule has 4 aromatic rings. The largest absolute Gasteiger partial charge is 0.493 e. The van der Waals surface area contributed by atoms with Gasteiger partial charge in [0.15, 0.2) is 11.5 Å². The summed E-state index contributed by atoms with van der Waals surface area (Å²) >= 11 is 0. The molecule has 3 amide bonds. The van der Waals surface area contributed by atoms with Crippen LogP contribution in [0.15, 0.2) is 60.9 Å². The number of amides is 3. The van der Waals surface area contributed by atoms with E-state index in [0.29, 0.717) is 39.6 Å². The summed E-state index contributed by atoms with van der Waals surface area (Å²) in [6.45, 7) is 0.105. The number of carbonyl (C=O) groups is 3. The van der Waals surface area contributed by atoms with Gasteiger partial charge in [-0.1, -0.05) is 18.2 Å². The molecule has 0 aliphatic carbocycles. The number of hydrogen-bond acceptors (Lipinski definition) is 6. The second kappa shape index (κ2) is 8.66. The quantitative estimate of drug-likeness (QED) is 0.419. The summed E-state index contributed by atoms with van der Waals surface area (Å²) in [5, 5.41) is 2.88. The van der Waals surface area contributed by atoms with Crippen molar-refractivity contribution in [3.63, 3.8) is 0 Å². The van der Waals surface area contributed by atoms with Crippen LogP contribution in [0.1, 0.15) is 38.9 Å². The minimum Gasteiger partial charge on any atom is -0.493 e. The fraction of sp³-hybridized carbons (Fsp3) is 0.185. The molecule has 0 radical (unpaired) electrons. The Morgan fingerprint density at radius 1 is 1.05 bits per heavy atom. The molecule has 3 heterocycles. The molecule has 2 aliphatic rings. The Hall–Kier alpha value is -4.86. The first-order valence-electron chi connectivity index (χ1n) is 11.7. The summed E-state index contributed by atoms with van der Waals surface area (Å²) in [5.74, 6) is -0.0589. The lowest BCUT2D eigenvalue weighted by Gasteiger charge is -2.40. The molecule has 2 aliphatic heterocycles. The lowest BCUT2D eigenvalue weighted by Crippen LogP contribution is -2.49. The number of para-hydroxylation sites is 1. The van der Waals surface area contributed by atoms with Gasteiger partial charge >= 0.3 is 0 Å². The fourth-order valence-electron chi connectivity index (χ4n) is 5.11. The lowest BCUT2D eigenvalue weighted by molar-refractivity contribution is -0.116. The van der Waals surface area contributed by atoms with Crippen molar-refractivity contribution >= 4 is 40.1 Å². The molecule has 3 aromatic carbocycles. The number of nitrogens with one attached hydrogen (secondary N) is 2. The Balaban J connectivity index is 1.33. The average Bonchev–Trinajstić information content (AvgIpc) is 3.50. The maximum Gasteiger partial charge on any atom is 0.264 e. The highest BCUT2D eigenvalue weighted by Gasteiger charge is 2.49. The minimum absolute atomic E-state index is 0.0378. The predicted molar refractivity (Wildman–Crippen MR) is 136 cm³/mol. The molecule has 0 saturated heterocycles. The molecule has 0 bridgehead atoms. The van der Waals surface area contributed by atoms with E-state index in [-0.39, 0.29) is 30.7 Å². The molecule has 10 nitrogen and oxygen atoms in total. The number of aromatic amines is 1. The van der Waals surface area contributed by atoms with E-state index in [9.17, 15) is 14.4 Å². The van der Waals surface area contributed by atoms with Crippen molar-refractivity contribution in [2.75, 3.05) is 31.0 Å². The molecule has 6 rings (SSSR count). The van der Waals surface area contributed by atoms with Crippen LogP contribution in [0.5, 0.6) is 11.5 Å². The summed E-state index contributed by atoms with van der Waals surface area (Å²) in [4.78, 5) is 50.6. The first-order chi connectivity index (χ1) is 18.0. The Kier molecular flexibility index (Phi) is 5.29. The third kappa shape index (κ3) is 3.48. The Labute approximate surface area is 211 Å². The highest BCUT2D eigenvalue weighted by Crippen LogP contribution is 2.49. The molecule has 1 atom stereocenters. The van der Waals surface area contributed by atoms with Crippen LogP contribution in [0.4, 0.5) is 11.4 Å². The van der Waals surface area contributed by atoms with Crippen LogP contribution in [-0.4, -0.2) is 53.4 Å². The van der Waals surface area contributed by atoms with Gasteiger partial charge in [0.2, 0.25) is 5.91 Å². The molecule has 0 fully saturated rings. The van der Waals surface area contributed by atoms with Gasteiger partial charge in [0.25, 0.3) is 11.8 Å². The number of ether oxygens (including phenoxy) is 2. The van der Waals surface area contributed by atoms with Gasteiger partial charge in [0.05, 0.1) is 48.4 Å². The van der Waals surface area contributed by atoms with E-state index in [4.69, 9.17) is 9.47 Å². The zero-order valence-corrected chi connectivity index (χ0v) is 20.1. The van der Waals surface area contributed by atoms with Gasteiger partial charge in [-0.05, 0) is 36.4 Å². The van der Waals surface area contributed by atoms with Crippen LogP contribution in [-0.2, 0) is 4.79 Å². The second-order valence-electron chi connectivity index (χ2n) is 8.76. The van der Waals surface area contributed by atoms with E-state index in [1.807, 2.05) is 6.07 Å². The third-order valence-electron chi connectivity index (χ3n) is 6.77. The van der Waals surface area contributed by atoms with Crippen molar-refractivity contribution in [3.05, 3.63) is 77.6 Å². The van der Waals surface area contributed by atoms with Gasteiger partial charge in [-0.2, -0.15) is 0 Å². The normalized spacial score (nSPS) is 15.9. The number of nitrogens with zero attached hydrogens (tertiary/aromatic N) is 3. The van der Waals surface area contributed by atoms with Crippen molar-refractivity contribution in [3.8, 4) is 11.5 Å². The number of rotatable bonds is 6. The van der Waals surface area contributed by atoms with E-state index in [1.54, 1.807) is 64.7 Å². The predicted octanol–water partition coefficient (Wildman–Crippen LogP) is 3.72. The number of imidazole rings is 1. The van der Waals surface area contributed by atoms with Crippen LogP contribution in [0.3, 0.4) is 0 Å². The first kappa shape index (κ1) is 22.6. The molecule has 0 saturated carbocycles. The number of fused-ring (bicyclic) bond motifs is 6. The molecular formula is C27H23N5O5. The smallest absolute Gasteiger partial charge is 0.264 e. The maximum absolute atomic E-state index is 13.7. The van der Waals surface area contributed by atoms with Crippen molar-refractivity contribution in [2.24, 2.45) is 0 Å². The van der Waals surface area contributed by atoms with Gasteiger partial charge in [-0.25, -0.2) is 4.98 Å². The summed E-state index contributed by atoms with van der Waals surface area (Å²) in [6.07, 6.45) is 0.919. The van der Waals surface area contributed by atoms with Crippen LogP contribution in [0, 0.1) is 0 Å². The minimum atomic E-state index is -0.709. The Morgan fingerprint density at radius 3 is 2.70 bits per heavy atom. The van der Waals surface area contributed by atoms with E-state index in [0.717, 1.165) is 11.0 Å². The molecule has 2 N–H and O–H groups in total. The van der Waals surface area contributed by atoms with Crippen molar-refractivity contribution in [2.45, 2.75) is 12.6 Å². The zero-order chi connectivity index (χ0) is 25.7. The average molecular weight is 498 g/mol. The summed E-state index contributed by atoms with van der Waals surface area (Å²) in [5.41, 5.74) is 4.12. The van der Waals surface area contributed by atoms with Crippen molar-refractivity contribution in [1.82, 2.24) is 14.9 Å². The van der Waals surface area contributed by atoms with Gasteiger partial charge in [-0.15, -0.1) is 0 Å². The van der Waals surface area contributed by atoms with Crippen molar-refractivity contribution < 1.29 is 23.9 Å². The number of anilines is 2. The number of hydrogen-bond donors (Lipinski definition) is 2. The standard InChI is InChI=1S/C27H23N5O5/c1-36-21-10-8-17-23(24(21)37-2)27(35)32-20-6-4-3-5-16(20)26(34)31(25(17)32)12-11-22(33)30-15-7-9-18-19(13-15)29-14-28-18/h3-10,13-14,25H,11-12H2,1-2H3,(H,28,29)(H,30,33)/t25-/m1/s1. The van der Waals surface area contributed by atoms with E-state index in [2.05, 4.69) is 15.3 Å². The van der Waals surface area contributed by atoms with Crippen LogP contribution < -0.4 is 19.7 Å². The van der Waals surface area contributed by atoms with Crippen LogP contribution in [0.2, 0.25) is 0 Å². The molecule has 1 aromatic heterocycles. The highest BCUT2D eigenvalue weighted by atomic mass is 16.5. The van der Waals surface area contributed by atoms with E-state index in [1.165, 1.54) is 14.2 Å². The zero-order valence-electron chi connectivity index (χ0n) is 20.1. The number of benzene rings is 3. The summed E-state index contributed by atoms with van der Waals surface area (Å²) < 4.78 is 11.0. The summed E-state index contributed by atoms with van der Waals surface area (Å²) in [7, 11) is 2.98. The number of aromatic nitrogens is 2. The van der Waals surface area contributed by atoms with Gasteiger partial charge in [0, 0.05) is 24.2 Å². The Bertz CT molecular complexity index is 1580. The van der Waals surface area contributed by atoms with Gasteiger partial charge in [-0.3, -0.25) is 19.3 Å². The topological polar surface area (TPSA) is 117 Å². The van der Waals surface area contributed by atoms with E-state index >= 15 is 0 Å². The molecule has 0 spiro atoms. The van der Waals surface area contributed by atoms with E-state index < -0.39 is 6.17 Å². The molecular weight excluding hydrogens is 474 g/mol. The van der Waals surface area contributed by atoms with Gasteiger partial charge in [0.1, 0.15) is 6.17 Å². The third-order valence-corrected chi connectivity index (χ3v) is 6.77. The van der Waals surface area contributed by atoms with Crippen LogP contribution in [0.25, 0.3) is 11.0 Å². The molecule has 37 heavy (non-hydrogen) atoms. The first-order valence-corrected chi connectivity index (χ1v) is 11.7. The van der Waals surface area contributed by atoms with Gasteiger partial charge < -0.3 is 24.7 Å². The molecule has 0 unspecified atom stereocenters. The monoisotopic (exact) mass is 497 g/mol. The number of methoxy groups -OCH3 is 2. The Morgan fingerprint density at radius 2 is 1.89 bits per heavy atom. The van der Waals surface area contributed by atoms with Crippen LogP contribution >= 0.6 is 0 Å². The molecule has 186 valence electrons. The summed E-state index contributed by atoms with van der Waals surface area (Å²) in [6, 6.07) is 15.9. The second-order valence-corrected chi connectivity index (χ2v) is 8.76. The SMILES string of the molecule is COc1ccc2c(c1OC)C(=O)N1c3ccccc3C(=O)N(CCC(=O)Nc3ccc4nc[nH]c4c3)[C@@H]21. The van der Waals surface area contributed by atoms with Crippen molar-refractivity contribution in [1.29, 1.82) is 0 Å². The molecule has 10 heteroatoms. The number of carbonyl (C=O) groups excluding carboxylic acids is 3. The maximum atomic E-state index is 13.7. The highest BCUT2D eigenvalue weighted by molar-refractivity contribution is 6.18. The fourth-order valence-corrected chi connectivity index (χ4v) is 5.11.